The van der Waals surface area contributed by atoms with Crippen molar-refractivity contribution in [1.29, 1.82) is 0 Å². The first-order valence-electron chi connectivity index (χ1n) is 7.91. The van der Waals surface area contributed by atoms with Crippen molar-refractivity contribution < 1.29 is 4.42 Å². The van der Waals surface area contributed by atoms with Crippen LogP contribution >= 0.6 is 0 Å². The normalized spacial score (nSPS) is 26.1. The van der Waals surface area contributed by atoms with Crippen LogP contribution in [-0.2, 0) is 6.42 Å². The minimum absolute atomic E-state index is 0.634. The van der Waals surface area contributed by atoms with Gasteiger partial charge >= 0.3 is 0 Å². The van der Waals surface area contributed by atoms with Crippen molar-refractivity contribution in [2.75, 3.05) is 6.54 Å². The molecule has 2 aromatic rings. The van der Waals surface area contributed by atoms with E-state index < -0.39 is 0 Å². The summed E-state index contributed by atoms with van der Waals surface area (Å²) in [5, 5.41) is 10.8. The van der Waals surface area contributed by atoms with E-state index in [0.717, 1.165) is 30.6 Å². The lowest BCUT2D eigenvalue weighted by atomic mass is 9.79. The van der Waals surface area contributed by atoms with Crippen molar-refractivity contribution in [3.8, 4) is 11.6 Å². The van der Waals surface area contributed by atoms with Crippen LogP contribution in [0.4, 0.5) is 0 Å². The first-order valence-corrected chi connectivity index (χ1v) is 7.91. The fourth-order valence-electron chi connectivity index (χ4n) is 3.05. The van der Waals surface area contributed by atoms with Crippen molar-refractivity contribution in [2.45, 2.75) is 45.6 Å². The molecule has 1 fully saturated rings. The molecular formula is C16H24N4O. The molecule has 2 aromatic heterocycles. The highest BCUT2D eigenvalue weighted by Gasteiger charge is 2.23. The average Bonchev–Trinajstić information content (AvgIpc) is 3.13. The Kier molecular flexibility index (Phi) is 4.39. The molecule has 0 spiro atoms. The maximum Gasteiger partial charge on any atom is 0.216 e. The highest BCUT2D eigenvalue weighted by atomic mass is 16.3. The Labute approximate surface area is 125 Å². The first kappa shape index (κ1) is 14.3. The molecule has 2 N–H and O–H groups in total. The standard InChI is InChI=1S/C16H24N4O/c1-11-5-6-13(10-12(11)2)17-8-7-15-18-16(20-19-15)14-4-3-9-21-14/h3-4,9,11-13,17H,5-8,10H2,1-2H3,(H,18,19,20)/t11-,12+,13+/m1/s1. The summed E-state index contributed by atoms with van der Waals surface area (Å²) in [7, 11) is 0. The number of aromatic nitrogens is 3. The number of furan rings is 1. The van der Waals surface area contributed by atoms with Crippen LogP contribution in [0.5, 0.6) is 0 Å². The largest absolute Gasteiger partial charge is 0.461 e. The number of hydrogen-bond acceptors (Lipinski definition) is 4. The predicted molar refractivity (Wildman–Crippen MR) is 81.8 cm³/mol. The van der Waals surface area contributed by atoms with E-state index >= 15 is 0 Å². The maximum atomic E-state index is 5.29. The summed E-state index contributed by atoms with van der Waals surface area (Å²) in [6.45, 7) is 5.68. The van der Waals surface area contributed by atoms with E-state index in [9.17, 15) is 0 Å². The molecular weight excluding hydrogens is 264 g/mol. The zero-order chi connectivity index (χ0) is 14.7. The quantitative estimate of drug-likeness (QED) is 0.887. The summed E-state index contributed by atoms with van der Waals surface area (Å²) in [5.74, 6) is 3.95. The van der Waals surface area contributed by atoms with Gasteiger partial charge in [0.1, 0.15) is 5.82 Å². The van der Waals surface area contributed by atoms with Gasteiger partial charge in [0.05, 0.1) is 6.26 Å². The molecule has 0 unspecified atom stereocenters. The molecule has 5 heteroatoms. The molecule has 5 nitrogen and oxygen atoms in total. The third kappa shape index (κ3) is 3.53. The van der Waals surface area contributed by atoms with Crippen molar-refractivity contribution in [1.82, 2.24) is 20.5 Å². The Morgan fingerprint density at radius 2 is 2.24 bits per heavy atom. The van der Waals surface area contributed by atoms with Crippen LogP contribution in [0.25, 0.3) is 11.6 Å². The van der Waals surface area contributed by atoms with Crippen molar-refractivity contribution in [3.05, 3.63) is 24.2 Å². The summed E-state index contributed by atoms with van der Waals surface area (Å²) in [6.07, 6.45) is 6.42. The van der Waals surface area contributed by atoms with Gasteiger partial charge in [-0.05, 0) is 43.2 Å². The van der Waals surface area contributed by atoms with Crippen LogP contribution in [-0.4, -0.2) is 27.8 Å². The lowest BCUT2D eigenvalue weighted by molar-refractivity contribution is 0.227. The fourth-order valence-corrected chi connectivity index (χ4v) is 3.05. The van der Waals surface area contributed by atoms with Crippen molar-refractivity contribution in [3.63, 3.8) is 0 Å². The number of aromatic amines is 1. The Morgan fingerprint density at radius 1 is 1.33 bits per heavy atom. The second kappa shape index (κ2) is 6.43. The Hall–Kier alpha value is -1.62. The van der Waals surface area contributed by atoms with Gasteiger partial charge in [-0.2, -0.15) is 5.10 Å². The SMILES string of the molecule is C[C@@H]1CC[C@H](NCCc2nc(-c3ccco3)n[nH]2)C[C@@H]1C. The average molecular weight is 288 g/mol. The predicted octanol–water partition coefficient (Wildman–Crippen LogP) is 3.02. The van der Waals surface area contributed by atoms with E-state index in [1.54, 1.807) is 6.26 Å². The van der Waals surface area contributed by atoms with Gasteiger partial charge in [0.2, 0.25) is 5.82 Å². The molecule has 114 valence electrons. The number of nitrogens with one attached hydrogen (secondary N) is 2. The second-order valence-corrected chi connectivity index (χ2v) is 6.25. The summed E-state index contributed by atoms with van der Waals surface area (Å²) < 4.78 is 5.29. The lowest BCUT2D eigenvalue weighted by Gasteiger charge is -2.32. The number of nitrogens with zero attached hydrogens (tertiary/aromatic N) is 2. The van der Waals surface area contributed by atoms with Crippen LogP contribution in [0.2, 0.25) is 0 Å². The molecule has 1 aliphatic rings. The van der Waals surface area contributed by atoms with Gasteiger partial charge in [0.25, 0.3) is 0 Å². The summed E-state index contributed by atoms with van der Waals surface area (Å²) in [5.41, 5.74) is 0. The molecule has 3 atom stereocenters. The lowest BCUT2D eigenvalue weighted by Crippen LogP contribution is -2.37. The minimum atomic E-state index is 0.634. The number of H-pyrrole nitrogens is 1. The summed E-state index contributed by atoms with van der Waals surface area (Å²) in [4.78, 5) is 4.46. The maximum absolute atomic E-state index is 5.29. The molecule has 3 rings (SSSR count). The van der Waals surface area contributed by atoms with Crippen LogP contribution < -0.4 is 5.32 Å². The van der Waals surface area contributed by atoms with E-state index in [4.69, 9.17) is 4.42 Å². The fraction of sp³-hybridized carbons (Fsp3) is 0.625. The van der Waals surface area contributed by atoms with E-state index in [2.05, 4.69) is 34.3 Å². The number of hydrogen-bond donors (Lipinski definition) is 2. The zero-order valence-corrected chi connectivity index (χ0v) is 12.8. The van der Waals surface area contributed by atoms with Crippen molar-refractivity contribution in [2.24, 2.45) is 11.8 Å². The Balaban J connectivity index is 1.46. The summed E-state index contributed by atoms with van der Waals surface area (Å²) >= 11 is 0. The molecule has 21 heavy (non-hydrogen) atoms. The van der Waals surface area contributed by atoms with Gasteiger partial charge in [-0.3, -0.25) is 5.10 Å². The van der Waals surface area contributed by atoms with Crippen LogP contribution in [0, 0.1) is 11.8 Å². The van der Waals surface area contributed by atoms with E-state index in [0.29, 0.717) is 17.6 Å². The molecule has 0 amide bonds. The minimum Gasteiger partial charge on any atom is -0.461 e. The molecule has 0 radical (unpaired) electrons. The van der Waals surface area contributed by atoms with E-state index in [1.165, 1.54) is 19.3 Å². The van der Waals surface area contributed by atoms with Gasteiger partial charge in [-0.15, -0.1) is 0 Å². The van der Waals surface area contributed by atoms with Crippen LogP contribution in [0.15, 0.2) is 22.8 Å². The molecule has 0 saturated heterocycles. The Morgan fingerprint density at radius 3 is 3.00 bits per heavy atom. The number of rotatable bonds is 5. The van der Waals surface area contributed by atoms with Gasteiger partial charge < -0.3 is 9.73 Å². The smallest absolute Gasteiger partial charge is 0.216 e. The molecule has 0 aromatic carbocycles. The highest BCUT2D eigenvalue weighted by molar-refractivity contribution is 5.45. The van der Waals surface area contributed by atoms with Crippen molar-refractivity contribution >= 4 is 0 Å². The van der Waals surface area contributed by atoms with Gasteiger partial charge in [0, 0.05) is 19.0 Å². The topological polar surface area (TPSA) is 66.7 Å². The molecule has 2 heterocycles. The third-order valence-corrected chi connectivity index (χ3v) is 4.67. The molecule has 0 aliphatic heterocycles. The van der Waals surface area contributed by atoms with Gasteiger partial charge in [-0.1, -0.05) is 13.8 Å². The van der Waals surface area contributed by atoms with Crippen LogP contribution in [0.3, 0.4) is 0 Å². The molecule has 0 bridgehead atoms. The molecule has 1 aliphatic carbocycles. The van der Waals surface area contributed by atoms with Gasteiger partial charge in [0.15, 0.2) is 5.76 Å². The molecule has 1 saturated carbocycles. The van der Waals surface area contributed by atoms with E-state index in [-0.39, 0.29) is 0 Å². The first-order chi connectivity index (χ1) is 10.2. The monoisotopic (exact) mass is 288 g/mol. The zero-order valence-electron chi connectivity index (χ0n) is 12.8. The Bertz CT molecular complexity index is 548. The van der Waals surface area contributed by atoms with Crippen LogP contribution in [0.1, 0.15) is 38.9 Å². The van der Waals surface area contributed by atoms with E-state index in [1.807, 2.05) is 12.1 Å². The highest BCUT2D eigenvalue weighted by Crippen LogP contribution is 2.29. The van der Waals surface area contributed by atoms with Gasteiger partial charge in [-0.25, -0.2) is 4.98 Å². The second-order valence-electron chi connectivity index (χ2n) is 6.25. The summed E-state index contributed by atoms with van der Waals surface area (Å²) in [6, 6.07) is 4.37. The third-order valence-electron chi connectivity index (χ3n) is 4.67.